The van der Waals surface area contributed by atoms with Gasteiger partial charge >= 0.3 is 6.03 Å². The summed E-state index contributed by atoms with van der Waals surface area (Å²) in [4.78, 5) is 13.3. The highest BCUT2D eigenvalue weighted by atomic mass is 16.2. The quantitative estimate of drug-likeness (QED) is 0.871. The van der Waals surface area contributed by atoms with Crippen LogP contribution in [0, 0.1) is 0 Å². The average Bonchev–Trinajstić information content (AvgIpc) is 3.02. The molecule has 0 radical (unpaired) electrons. The summed E-state index contributed by atoms with van der Waals surface area (Å²) < 4.78 is 0. The van der Waals surface area contributed by atoms with E-state index in [-0.39, 0.29) is 18.6 Å². The molecule has 0 unspecified atom stereocenters. The van der Waals surface area contributed by atoms with Crippen LogP contribution in [0.25, 0.3) is 0 Å². The molecule has 7 nitrogen and oxygen atoms in total. The molecule has 0 saturated heterocycles. The molecule has 1 aliphatic carbocycles. The Kier molecular flexibility index (Phi) is 3.55. The number of amides is 2. The second-order valence-corrected chi connectivity index (χ2v) is 5.32. The van der Waals surface area contributed by atoms with Crippen LogP contribution >= 0.6 is 0 Å². The van der Waals surface area contributed by atoms with Crippen LogP contribution in [0.15, 0.2) is 24.3 Å². The molecule has 1 aromatic carbocycles. The molecule has 1 heterocycles. The van der Waals surface area contributed by atoms with Gasteiger partial charge in [0.1, 0.15) is 0 Å². The first kappa shape index (κ1) is 13.5. The van der Waals surface area contributed by atoms with Crippen molar-refractivity contribution in [1.29, 1.82) is 0 Å². The Hall–Kier alpha value is -2.44. The zero-order valence-corrected chi connectivity index (χ0v) is 12.1. The van der Waals surface area contributed by atoms with Gasteiger partial charge in [0.05, 0.1) is 13.6 Å². The average molecular weight is 286 g/mol. The SMILES string of the molecule is C[C@H]1c2ccccc2C[C@H]1NC(=O)NCc1nnn(C)n1. The molecule has 1 aromatic heterocycles. The molecule has 0 saturated carbocycles. The third-order valence-electron chi connectivity index (χ3n) is 3.86. The molecule has 2 amide bonds. The first-order valence-corrected chi connectivity index (χ1v) is 6.98. The lowest BCUT2D eigenvalue weighted by molar-refractivity contribution is 0.235. The summed E-state index contributed by atoms with van der Waals surface area (Å²) in [5, 5.41) is 17.3. The molecule has 1 aliphatic rings. The van der Waals surface area contributed by atoms with Crippen molar-refractivity contribution in [3.63, 3.8) is 0 Å². The topological polar surface area (TPSA) is 84.7 Å². The predicted molar refractivity (Wildman–Crippen MR) is 76.5 cm³/mol. The molecule has 2 N–H and O–H groups in total. The normalized spacial score (nSPS) is 20.1. The second kappa shape index (κ2) is 5.51. The van der Waals surface area contributed by atoms with Gasteiger partial charge in [-0.3, -0.25) is 0 Å². The van der Waals surface area contributed by atoms with E-state index in [1.54, 1.807) is 7.05 Å². The maximum Gasteiger partial charge on any atom is 0.315 e. The minimum atomic E-state index is -0.202. The lowest BCUT2D eigenvalue weighted by Crippen LogP contribution is -2.43. The lowest BCUT2D eigenvalue weighted by atomic mass is 10.0. The number of nitrogens with zero attached hydrogens (tertiary/aromatic N) is 4. The van der Waals surface area contributed by atoms with Gasteiger partial charge in [0.15, 0.2) is 5.82 Å². The van der Waals surface area contributed by atoms with E-state index in [1.165, 1.54) is 15.9 Å². The molecule has 7 heteroatoms. The van der Waals surface area contributed by atoms with Crippen LogP contribution in [-0.4, -0.2) is 32.3 Å². The van der Waals surface area contributed by atoms with Crippen LogP contribution in [0.1, 0.15) is 29.8 Å². The van der Waals surface area contributed by atoms with Crippen molar-refractivity contribution >= 4 is 6.03 Å². The zero-order valence-electron chi connectivity index (χ0n) is 12.1. The Balaban J connectivity index is 1.54. The van der Waals surface area contributed by atoms with E-state index in [4.69, 9.17) is 0 Å². The fourth-order valence-electron chi connectivity index (χ4n) is 2.74. The van der Waals surface area contributed by atoms with Crippen molar-refractivity contribution in [1.82, 2.24) is 30.8 Å². The van der Waals surface area contributed by atoms with Gasteiger partial charge in [-0.15, -0.1) is 10.2 Å². The molecule has 2 aromatic rings. The Morgan fingerprint density at radius 1 is 1.43 bits per heavy atom. The smallest absolute Gasteiger partial charge is 0.315 e. The third-order valence-corrected chi connectivity index (χ3v) is 3.86. The number of aryl methyl sites for hydroxylation is 1. The molecule has 0 spiro atoms. The van der Waals surface area contributed by atoms with E-state index >= 15 is 0 Å². The summed E-state index contributed by atoms with van der Waals surface area (Å²) in [7, 11) is 1.69. The van der Waals surface area contributed by atoms with Crippen molar-refractivity contribution in [2.45, 2.75) is 31.8 Å². The number of carbonyl (C=O) groups is 1. The fourth-order valence-corrected chi connectivity index (χ4v) is 2.74. The molecule has 0 fully saturated rings. The summed E-state index contributed by atoms with van der Waals surface area (Å²) in [6.45, 7) is 2.41. The predicted octanol–water partition coefficient (Wildman–Crippen LogP) is 0.738. The Morgan fingerprint density at radius 3 is 2.95 bits per heavy atom. The number of benzene rings is 1. The lowest BCUT2D eigenvalue weighted by Gasteiger charge is -2.18. The van der Waals surface area contributed by atoms with Gasteiger partial charge < -0.3 is 10.6 Å². The summed E-state index contributed by atoms with van der Waals surface area (Å²) in [6.07, 6.45) is 0.869. The third kappa shape index (κ3) is 2.86. The molecular weight excluding hydrogens is 268 g/mol. The minimum absolute atomic E-state index is 0.122. The highest BCUT2D eigenvalue weighted by molar-refractivity contribution is 5.74. The Labute approximate surface area is 122 Å². The standard InChI is InChI=1S/C14H18N6O/c1-9-11-6-4-3-5-10(11)7-12(9)16-14(21)15-8-13-17-19-20(2)18-13/h3-6,9,12H,7-8H2,1-2H3,(H2,15,16,21)/t9-,12+/m0/s1. The fraction of sp³-hybridized carbons (Fsp3) is 0.429. The van der Waals surface area contributed by atoms with Crippen LogP contribution in [-0.2, 0) is 20.0 Å². The number of urea groups is 1. The monoisotopic (exact) mass is 286 g/mol. The van der Waals surface area contributed by atoms with Gasteiger partial charge in [-0.25, -0.2) is 4.79 Å². The summed E-state index contributed by atoms with van der Waals surface area (Å²) in [6, 6.07) is 8.24. The van der Waals surface area contributed by atoms with E-state index in [0.717, 1.165) is 6.42 Å². The van der Waals surface area contributed by atoms with Gasteiger partial charge in [0.2, 0.25) is 0 Å². The molecule has 3 rings (SSSR count). The van der Waals surface area contributed by atoms with E-state index in [0.29, 0.717) is 11.7 Å². The number of hydrogen-bond acceptors (Lipinski definition) is 4. The van der Waals surface area contributed by atoms with E-state index in [2.05, 4.69) is 45.1 Å². The van der Waals surface area contributed by atoms with E-state index in [9.17, 15) is 4.79 Å². The number of rotatable bonds is 3. The van der Waals surface area contributed by atoms with Crippen molar-refractivity contribution < 1.29 is 4.79 Å². The van der Waals surface area contributed by atoms with Crippen LogP contribution in [0.3, 0.4) is 0 Å². The summed E-state index contributed by atoms with van der Waals surface area (Å²) in [5.74, 6) is 0.817. The first-order chi connectivity index (χ1) is 10.1. The van der Waals surface area contributed by atoms with Crippen molar-refractivity contribution in [2.24, 2.45) is 7.05 Å². The second-order valence-electron chi connectivity index (χ2n) is 5.32. The van der Waals surface area contributed by atoms with Crippen molar-refractivity contribution in [2.75, 3.05) is 0 Å². The molecule has 110 valence electrons. The van der Waals surface area contributed by atoms with Crippen molar-refractivity contribution in [3.8, 4) is 0 Å². The van der Waals surface area contributed by atoms with Crippen LogP contribution < -0.4 is 10.6 Å². The number of fused-ring (bicyclic) bond motifs is 1. The summed E-state index contributed by atoms with van der Waals surface area (Å²) >= 11 is 0. The number of tetrazole rings is 1. The number of aromatic nitrogens is 4. The highest BCUT2D eigenvalue weighted by Crippen LogP contribution is 2.32. The van der Waals surface area contributed by atoms with Gasteiger partial charge in [-0.1, -0.05) is 31.2 Å². The van der Waals surface area contributed by atoms with Gasteiger partial charge in [-0.05, 0) is 22.8 Å². The van der Waals surface area contributed by atoms with Crippen molar-refractivity contribution in [3.05, 3.63) is 41.2 Å². The molecule has 0 bridgehead atoms. The Bertz CT molecular complexity index is 652. The molecule has 0 aliphatic heterocycles. The number of hydrogen-bond donors (Lipinski definition) is 2. The Morgan fingerprint density at radius 2 is 2.24 bits per heavy atom. The molecule has 2 atom stereocenters. The molecular formula is C14H18N6O. The number of nitrogens with one attached hydrogen (secondary N) is 2. The van der Waals surface area contributed by atoms with Gasteiger partial charge in [0, 0.05) is 12.0 Å². The first-order valence-electron chi connectivity index (χ1n) is 6.98. The van der Waals surface area contributed by atoms with E-state index < -0.39 is 0 Å². The van der Waals surface area contributed by atoms with Crippen LogP contribution in [0.4, 0.5) is 4.79 Å². The highest BCUT2D eigenvalue weighted by Gasteiger charge is 2.29. The minimum Gasteiger partial charge on any atom is -0.334 e. The van der Waals surface area contributed by atoms with Gasteiger partial charge in [-0.2, -0.15) is 4.80 Å². The number of carbonyl (C=O) groups excluding carboxylic acids is 1. The zero-order chi connectivity index (χ0) is 14.8. The van der Waals surface area contributed by atoms with Gasteiger partial charge in [0.25, 0.3) is 0 Å². The maximum absolute atomic E-state index is 12.0. The largest absolute Gasteiger partial charge is 0.334 e. The molecule has 21 heavy (non-hydrogen) atoms. The van der Waals surface area contributed by atoms with Crippen LogP contribution in [0.5, 0.6) is 0 Å². The van der Waals surface area contributed by atoms with E-state index in [1.807, 2.05) is 12.1 Å². The maximum atomic E-state index is 12.0. The van der Waals surface area contributed by atoms with Crippen LogP contribution in [0.2, 0.25) is 0 Å². The summed E-state index contributed by atoms with van der Waals surface area (Å²) in [5.41, 5.74) is 2.63.